The molecule has 0 saturated carbocycles. The standard InChI is InChI=1S/C22H25ClNO2P.C11H20.C8H16O.C4H10.C3H9N/c1-6-12(2)20(25)18-11-17-21(26-18)14(22(3,4)5)10-16(24-17)13-7-8-15(23)19(27)9-13;1-6-8-10(4)11(5)9(3)7-2;1-5-6-7(9)8(2,3)4;1-3-4-2;1-4(2)3/h7-12H,6,27H2,1-5H3;8H,6-7H2,1-5H3;5-6H2,1-4H3;3-4H2,1-2H3;1-3H3/b;10-8+,11-9?;;;. The van der Waals surface area contributed by atoms with Crippen molar-refractivity contribution in [2.45, 2.75) is 161 Å². The first-order valence-electron chi connectivity index (χ1n) is 20.4. The largest absolute Gasteiger partial charge is 0.451 e. The number of allylic oxidation sites excluding steroid dienone is 4. The lowest BCUT2D eigenvalue weighted by Gasteiger charge is -2.20. The smallest absolute Gasteiger partial charge is 0.200 e. The zero-order valence-corrected chi connectivity index (χ0v) is 40.5. The highest BCUT2D eigenvalue weighted by Crippen LogP contribution is 2.35. The number of hydrogen-bond donors (Lipinski definition) is 0. The fourth-order valence-electron chi connectivity index (χ4n) is 4.64. The number of Topliss-reactive ketones (excluding diaryl/α,β-unsaturated/α-hetero) is 2. The van der Waals surface area contributed by atoms with Gasteiger partial charge >= 0.3 is 0 Å². The van der Waals surface area contributed by atoms with Gasteiger partial charge in [-0.15, -0.1) is 9.24 Å². The number of aromatic nitrogens is 1. The number of pyridine rings is 1. The van der Waals surface area contributed by atoms with E-state index < -0.39 is 0 Å². The van der Waals surface area contributed by atoms with Gasteiger partial charge < -0.3 is 9.32 Å². The molecule has 0 aliphatic carbocycles. The summed E-state index contributed by atoms with van der Waals surface area (Å²) in [5, 5.41) is 1.62. The van der Waals surface area contributed by atoms with Crippen LogP contribution in [0, 0.1) is 11.3 Å². The van der Waals surface area contributed by atoms with E-state index in [1.807, 2.05) is 85.8 Å². The SMILES string of the molecule is CC/C=C(\C)C(C)=C(C)CC.CCC(C)C(=O)c1cc2nc(-c3ccc(Cl)c(P)c3)cc(C(C)(C)C)c2o1.CCCC.CCCC(=O)C(C)(C)C.CN(C)C. The number of halogens is 1. The molecular formula is C48H80ClN2O3P. The van der Waals surface area contributed by atoms with Gasteiger partial charge in [-0.25, -0.2) is 4.98 Å². The van der Waals surface area contributed by atoms with Crippen LogP contribution in [0.3, 0.4) is 0 Å². The zero-order valence-electron chi connectivity index (χ0n) is 38.6. The van der Waals surface area contributed by atoms with E-state index in [4.69, 9.17) is 21.0 Å². The minimum Gasteiger partial charge on any atom is -0.451 e. The molecule has 0 saturated heterocycles. The Morgan fingerprint density at radius 3 is 1.82 bits per heavy atom. The van der Waals surface area contributed by atoms with Gasteiger partial charge in [0.2, 0.25) is 5.78 Å². The van der Waals surface area contributed by atoms with E-state index in [1.165, 1.54) is 36.0 Å². The Balaban J connectivity index is 0. The molecule has 0 radical (unpaired) electrons. The van der Waals surface area contributed by atoms with Crippen molar-refractivity contribution < 1.29 is 14.0 Å². The van der Waals surface area contributed by atoms with Crippen molar-refractivity contribution >= 4 is 48.8 Å². The third-order valence-electron chi connectivity index (χ3n) is 8.97. The highest BCUT2D eigenvalue weighted by molar-refractivity contribution is 7.28. The van der Waals surface area contributed by atoms with Crippen LogP contribution in [0.2, 0.25) is 5.02 Å². The van der Waals surface area contributed by atoms with E-state index in [0.29, 0.717) is 27.7 Å². The number of carbonyl (C=O) groups excluding carboxylic acids is 2. The van der Waals surface area contributed by atoms with E-state index in [-0.39, 0.29) is 22.5 Å². The van der Waals surface area contributed by atoms with Gasteiger partial charge in [0.25, 0.3) is 0 Å². The monoisotopic (exact) mass is 799 g/mol. The summed E-state index contributed by atoms with van der Waals surface area (Å²) in [6, 6.07) is 9.66. The van der Waals surface area contributed by atoms with Crippen LogP contribution < -0.4 is 5.30 Å². The van der Waals surface area contributed by atoms with E-state index >= 15 is 0 Å². The summed E-state index contributed by atoms with van der Waals surface area (Å²) in [6.45, 7) is 33.6. The maximum absolute atomic E-state index is 12.6. The van der Waals surface area contributed by atoms with E-state index in [2.05, 4.69) is 90.6 Å². The summed E-state index contributed by atoms with van der Waals surface area (Å²) in [5.74, 6) is 0.706. The average Bonchev–Trinajstić information content (AvgIpc) is 3.55. The Morgan fingerprint density at radius 2 is 1.44 bits per heavy atom. The summed E-state index contributed by atoms with van der Waals surface area (Å²) in [6.07, 6.45) is 9.71. The molecule has 7 heteroatoms. The molecule has 2 atom stereocenters. The second-order valence-corrected chi connectivity index (χ2v) is 17.9. The summed E-state index contributed by atoms with van der Waals surface area (Å²) in [7, 11) is 8.65. The number of furan rings is 1. The predicted molar refractivity (Wildman–Crippen MR) is 249 cm³/mol. The van der Waals surface area contributed by atoms with Gasteiger partial charge in [-0.3, -0.25) is 9.59 Å². The van der Waals surface area contributed by atoms with Crippen LogP contribution in [0.25, 0.3) is 22.4 Å². The molecule has 2 unspecified atom stereocenters. The molecule has 0 spiro atoms. The summed E-state index contributed by atoms with van der Waals surface area (Å²) in [4.78, 5) is 30.4. The summed E-state index contributed by atoms with van der Waals surface area (Å²) >= 11 is 6.15. The van der Waals surface area contributed by atoms with E-state index in [1.54, 1.807) is 6.07 Å². The summed E-state index contributed by atoms with van der Waals surface area (Å²) < 4.78 is 6.01. The Morgan fingerprint density at radius 1 is 0.891 bits per heavy atom. The van der Waals surface area contributed by atoms with Crippen molar-refractivity contribution in [3.63, 3.8) is 0 Å². The number of benzene rings is 1. The van der Waals surface area contributed by atoms with Crippen molar-refractivity contribution in [2.75, 3.05) is 21.1 Å². The van der Waals surface area contributed by atoms with Gasteiger partial charge in [0.15, 0.2) is 11.3 Å². The van der Waals surface area contributed by atoms with Crippen molar-refractivity contribution in [1.82, 2.24) is 9.88 Å². The number of fused-ring (bicyclic) bond motifs is 1. The van der Waals surface area contributed by atoms with Crippen molar-refractivity contribution in [1.29, 1.82) is 0 Å². The molecule has 3 aromatic rings. The Bertz CT molecular complexity index is 1650. The minimum atomic E-state index is -0.152. The van der Waals surface area contributed by atoms with Gasteiger partial charge in [0.05, 0.1) is 5.69 Å². The quantitative estimate of drug-likeness (QED) is 0.116. The third kappa shape index (κ3) is 20.9. The number of unbranched alkanes of at least 4 members (excludes halogenated alkanes) is 1. The van der Waals surface area contributed by atoms with Gasteiger partial charge in [-0.1, -0.05) is 138 Å². The normalized spacial score (nSPS) is 12.5. The highest BCUT2D eigenvalue weighted by atomic mass is 35.5. The fraction of sp³-hybridized carbons (Fsp3) is 0.604. The molecular weight excluding hydrogens is 719 g/mol. The lowest BCUT2D eigenvalue weighted by atomic mass is 9.86. The number of carbonyl (C=O) groups is 2. The minimum absolute atomic E-state index is 0.0237. The second-order valence-electron chi connectivity index (χ2n) is 16.9. The van der Waals surface area contributed by atoms with Crippen molar-refractivity contribution in [3.05, 3.63) is 69.5 Å². The maximum Gasteiger partial charge on any atom is 0.200 e. The van der Waals surface area contributed by atoms with Crippen LogP contribution in [-0.2, 0) is 10.2 Å². The molecule has 0 fully saturated rings. The molecule has 3 rings (SSSR count). The van der Waals surface area contributed by atoms with Crippen molar-refractivity contribution in [3.8, 4) is 11.3 Å². The molecule has 2 aromatic heterocycles. The second kappa shape index (κ2) is 27.1. The van der Waals surface area contributed by atoms with E-state index in [0.717, 1.165) is 47.8 Å². The number of nitrogens with zero attached hydrogens (tertiary/aromatic N) is 2. The van der Waals surface area contributed by atoms with E-state index in [9.17, 15) is 9.59 Å². The van der Waals surface area contributed by atoms with Crippen LogP contribution in [0.1, 0.15) is 172 Å². The van der Waals surface area contributed by atoms with Gasteiger partial charge in [-0.05, 0) is 102 Å². The first kappa shape index (κ1) is 54.5. The van der Waals surface area contributed by atoms with Crippen molar-refractivity contribution in [2.24, 2.45) is 11.3 Å². The van der Waals surface area contributed by atoms with Crippen LogP contribution in [0.5, 0.6) is 0 Å². The Hall–Kier alpha value is -2.59. The number of hydrogen-bond acceptors (Lipinski definition) is 5. The zero-order chi connectivity index (χ0) is 43.3. The first-order valence-corrected chi connectivity index (χ1v) is 21.4. The molecule has 0 N–H and O–H groups in total. The molecule has 312 valence electrons. The molecule has 0 aliphatic heterocycles. The molecule has 0 bridgehead atoms. The van der Waals surface area contributed by atoms with Crippen LogP contribution in [-0.4, -0.2) is 42.6 Å². The Labute approximate surface area is 345 Å². The average molecular weight is 800 g/mol. The van der Waals surface area contributed by atoms with Crippen LogP contribution in [0.4, 0.5) is 0 Å². The molecule has 1 aromatic carbocycles. The Kier molecular flexibility index (Phi) is 26.9. The topological polar surface area (TPSA) is 63.4 Å². The number of rotatable bonds is 10. The number of ketones is 2. The lowest BCUT2D eigenvalue weighted by Crippen LogP contribution is -2.19. The molecule has 2 heterocycles. The third-order valence-corrected chi connectivity index (χ3v) is 9.97. The van der Waals surface area contributed by atoms with Crippen LogP contribution >= 0.6 is 20.8 Å². The van der Waals surface area contributed by atoms with Crippen LogP contribution in [0.15, 0.2) is 57.5 Å². The highest BCUT2D eigenvalue weighted by Gasteiger charge is 2.25. The molecule has 0 amide bonds. The fourth-order valence-corrected chi connectivity index (χ4v) is 5.04. The summed E-state index contributed by atoms with van der Waals surface area (Å²) in [5.41, 5.74) is 8.39. The van der Waals surface area contributed by atoms with Gasteiger partial charge in [-0.2, -0.15) is 0 Å². The van der Waals surface area contributed by atoms with Gasteiger partial charge in [0, 0.05) is 40.0 Å². The molecule has 0 aliphatic rings. The van der Waals surface area contributed by atoms with Gasteiger partial charge in [0.1, 0.15) is 11.3 Å². The first-order chi connectivity index (χ1) is 25.4. The molecule has 5 nitrogen and oxygen atoms in total. The predicted octanol–water partition coefficient (Wildman–Crippen LogP) is 14.6. The molecule has 55 heavy (non-hydrogen) atoms. The maximum atomic E-state index is 12.6. The lowest BCUT2D eigenvalue weighted by molar-refractivity contribution is -0.126.